The van der Waals surface area contributed by atoms with Gasteiger partial charge in [-0.2, -0.15) is 18.3 Å². The predicted molar refractivity (Wildman–Crippen MR) is 159 cm³/mol. The monoisotopic (exact) mass is 598 g/mol. The Morgan fingerprint density at radius 3 is 2.55 bits per heavy atom. The lowest BCUT2D eigenvalue weighted by molar-refractivity contribution is -0.142. The van der Waals surface area contributed by atoms with Gasteiger partial charge in [0.1, 0.15) is 12.9 Å². The number of aryl methyl sites for hydroxylation is 2. The maximum absolute atomic E-state index is 13.6. The molecule has 0 saturated carbocycles. The molecule has 0 bridgehead atoms. The standard InChI is InChI=1S/C32H29F3N8O/c1-3-21-10-22(24-15-38-43(16-24)18-32(33,34)35)12-25(11-21)39-31(44)42-9-8-28-27(17-42)29(26-7-5-4-6-20(26)2)41-30(40-28)23-13-36-19-37-14-23/h4-7,10-16,19H,3,8-9,17-18H2,1-2H3,(H,39,44). The molecule has 1 N–H and O–H groups in total. The number of carbonyl (C=O) groups excluding carboxylic acids is 1. The minimum absolute atomic E-state index is 0.293. The van der Waals surface area contributed by atoms with E-state index in [0.717, 1.165) is 38.3 Å². The van der Waals surface area contributed by atoms with Gasteiger partial charge in [-0.3, -0.25) is 4.68 Å². The summed E-state index contributed by atoms with van der Waals surface area (Å²) in [5, 5.41) is 6.87. The number of urea groups is 1. The molecule has 6 rings (SSSR count). The molecule has 0 atom stereocenters. The number of nitrogens with zero attached hydrogens (tertiary/aromatic N) is 7. The Hall–Kier alpha value is -5.13. The van der Waals surface area contributed by atoms with Gasteiger partial charge >= 0.3 is 12.2 Å². The normalized spacial score (nSPS) is 13.1. The van der Waals surface area contributed by atoms with E-state index in [-0.39, 0.29) is 6.03 Å². The number of halogens is 3. The zero-order chi connectivity index (χ0) is 30.8. The first-order valence-corrected chi connectivity index (χ1v) is 14.2. The quantitative estimate of drug-likeness (QED) is 0.240. The first kappa shape index (κ1) is 29.0. The lowest BCUT2D eigenvalue weighted by Gasteiger charge is -2.30. The summed E-state index contributed by atoms with van der Waals surface area (Å²) in [6, 6.07) is 13.2. The molecule has 1 aliphatic heterocycles. The summed E-state index contributed by atoms with van der Waals surface area (Å²) >= 11 is 0. The third-order valence-electron chi connectivity index (χ3n) is 7.53. The highest BCUT2D eigenvalue weighted by Crippen LogP contribution is 2.33. The summed E-state index contributed by atoms with van der Waals surface area (Å²) < 4.78 is 39.4. The molecule has 5 aromatic rings. The van der Waals surface area contributed by atoms with E-state index >= 15 is 0 Å². The van der Waals surface area contributed by atoms with Crippen LogP contribution in [0.15, 0.2) is 73.6 Å². The maximum Gasteiger partial charge on any atom is 0.408 e. The number of anilines is 1. The van der Waals surface area contributed by atoms with E-state index in [1.165, 1.54) is 18.7 Å². The highest BCUT2D eigenvalue weighted by Gasteiger charge is 2.29. The van der Waals surface area contributed by atoms with Gasteiger partial charge in [0, 0.05) is 53.9 Å². The Kier molecular flexibility index (Phi) is 7.81. The van der Waals surface area contributed by atoms with E-state index in [4.69, 9.17) is 9.97 Å². The number of carbonyl (C=O) groups is 1. The van der Waals surface area contributed by atoms with Crippen LogP contribution >= 0.6 is 0 Å². The van der Waals surface area contributed by atoms with Crippen LogP contribution in [0.4, 0.5) is 23.7 Å². The van der Waals surface area contributed by atoms with Crippen molar-refractivity contribution < 1.29 is 18.0 Å². The number of aromatic nitrogens is 6. The van der Waals surface area contributed by atoms with Gasteiger partial charge in [-0.05, 0) is 42.2 Å². The first-order valence-electron chi connectivity index (χ1n) is 14.2. The Morgan fingerprint density at radius 1 is 1.00 bits per heavy atom. The Morgan fingerprint density at radius 2 is 1.80 bits per heavy atom. The number of rotatable bonds is 6. The number of alkyl halides is 3. The van der Waals surface area contributed by atoms with Crippen molar-refractivity contribution in [3.05, 3.63) is 96.0 Å². The summed E-state index contributed by atoms with van der Waals surface area (Å²) in [5.41, 5.74) is 7.90. The molecule has 12 heteroatoms. The number of hydrogen-bond acceptors (Lipinski definition) is 6. The number of fused-ring (bicyclic) bond motifs is 1. The smallest absolute Gasteiger partial charge is 0.320 e. The minimum atomic E-state index is -4.37. The third kappa shape index (κ3) is 6.29. The Bertz CT molecular complexity index is 1820. The zero-order valence-electron chi connectivity index (χ0n) is 24.1. The van der Waals surface area contributed by atoms with Crippen molar-refractivity contribution in [1.82, 2.24) is 34.6 Å². The van der Waals surface area contributed by atoms with E-state index in [1.54, 1.807) is 23.4 Å². The van der Waals surface area contributed by atoms with Gasteiger partial charge in [-0.25, -0.2) is 24.7 Å². The van der Waals surface area contributed by atoms with Crippen molar-refractivity contribution in [3.63, 3.8) is 0 Å². The summed E-state index contributed by atoms with van der Waals surface area (Å²) in [4.78, 5) is 33.3. The van der Waals surface area contributed by atoms with E-state index in [1.807, 2.05) is 50.2 Å². The summed E-state index contributed by atoms with van der Waals surface area (Å²) in [5.74, 6) is 0.531. The fourth-order valence-corrected chi connectivity index (χ4v) is 5.31. The molecule has 0 unspecified atom stereocenters. The molecule has 0 aliphatic carbocycles. The second-order valence-corrected chi connectivity index (χ2v) is 10.7. The summed E-state index contributed by atoms with van der Waals surface area (Å²) in [6.45, 7) is 3.57. The van der Waals surface area contributed by atoms with Crippen molar-refractivity contribution in [2.75, 3.05) is 11.9 Å². The number of nitrogens with one attached hydrogen (secondary N) is 1. The zero-order valence-corrected chi connectivity index (χ0v) is 24.1. The SMILES string of the molecule is CCc1cc(NC(=O)N2CCc3nc(-c4cncnc4)nc(-c4ccccc4C)c3C2)cc(-c2cnn(CC(F)(F)F)c2)c1. The molecule has 0 radical (unpaired) electrons. The van der Waals surface area contributed by atoms with Gasteiger partial charge in [0.25, 0.3) is 0 Å². The fraction of sp³-hybridized carbons (Fsp3) is 0.250. The van der Waals surface area contributed by atoms with Crippen LogP contribution in [0.2, 0.25) is 0 Å². The molecule has 224 valence electrons. The van der Waals surface area contributed by atoms with Gasteiger partial charge in [-0.15, -0.1) is 0 Å². The van der Waals surface area contributed by atoms with Crippen LogP contribution in [-0.4, -0.2) is 53.4 Å². The fourth-order valence-electron chi connectivity index (χ4n) is 5.31. The molecule has 3 aromatic heterocycles. The van der Waals surface area contributed by atoms with Crippen LogP contribution in [0.3, 0.4) is 0 Å². The third-order valence-corrected chi connectivity index (χ3v) is 7.53. The Balaban J connectivity index is 1.28. The van der Waals surface area contributed by atoms with Gasteiger partial charge in [0.05, 0.1) is 29.7 Å². The molecule has 1 aliphatic rings. The van der Waals surface area contributed by atoms with Gasteiger partial charge < -0.3 is 10.2 Å². The van der Waals surface area contributed by atoms with E-state index in [9.17, 15) is 18.0 Å². The van der Waals surface area contributed by atoms with Crippen LogP contribution in [0, 0.1) is 6.92 Å². The van der Waals surface area contributed by atoms with E-state index in [2.05, 4.69) is 20.4 Å². The maximum atomic E-state index is 13.6. The second-order valence-electron chi connectivity index (χ2n) is 10.7. The molecule has 2 aromatic carbocycles. The molecule has 0 spiro atoms. The Labute approximate surface area is 251 Å². The summed E-state index contributed by atoms with van der Waals surface area (Å²) in [6.07, 6.45) is 4.41. The lowest BCUT2D eigenvalue weighted by Crippen LogP contribution is -2.39. The molecule has 44 heavy (non-hydrogen) atoms. The molecule has 9 nitrogen and oxygen atoms in total. The average molecular weight is 599 g/mol. The topological polar surface area (TPSA) is 102 Å². The van der Waals surface area contributed by atoms with Crippen LogP contribution in [0.1, 0.15) is 29.3 Å². The second kappa shape index (κ2) is 11.9. The molecular weight excluding hydrogens is 569 g/mol. The average Bonchev–Trinajstić information content (AvgIpc) is 3.48. The molecule has 0 fully saturated rings. The number of hydrogen-bond donors (Lipinski definition) is 1. The molecular formula is C32H29F3N8O. The van der Waals surface area contributed by atoms with Crippen LogP contribution in [0.5, 0.6) is 0 Å². The number of amides is 2. The highest BCUT2D eigenvalue weighted by atomic mass is 19.4. The lowest BCUT2D eigenvalue weighted by atomic mass is 9.96. The summed E-state index contributed by atoms with van der Waals surface area (Å²) in [7, 11) is 0. The van der Waals surface area contributed by atoms with Crippen LogP contribution < -0.4 is 5.32 Å². The molecule has 4 heterocycles. The highest BCUT2D eigenvalue weighted by molar-refractivity contribution is 5.91. The van der Waals surface area contributed by atoms with Crippen molar-refractivity contribution in [2.24, 2.45) is 0 Å². The molecule has 0 saturated heterocycles. The van der Waals surface area contributed by atoms with Gasteiger partial charge in [-0.1, -0.05) is 37.3 Å². The van der Waals surface area contributed by atoms with Gasteiger partial charge in [0.15, 0.2) is 5.82 Å². The van der Waals surface area contributed by atoms with E-state index in [0.29, 0.717) is 54.1 Å². The van der Waals surface area contributed by atoms with Crippen molar-refractivity contribution in [2.45, 2.75) is 46.0 Å². The van der Waals surface area contributed by atoms with Crippen molar-refractivity contribution >= 4 is 11.7 Å². The largest absolute Gasteiger partial charge is 0.408 e. The van der Waals surface area contributed by atoms with Crippen LogP contribution in [-0.2, 0) is 25.9 Å². The first-order chi connectivity index (χ1) is 21.2. The minimum Gasteiger partial charge on any atom is -0.320 e. The van der Waals surface area contributed by atoms with Crippen molar-refractivity contribution in [1.29, 1.82) is 0 Å². The van der Waals surface area contributed by atoms with Crippen molar-refractivity contribution in [3.8, 4) is 33.8 Å². The van der Waals surface area contributed by atoms with Gasteiger partial charge in [0.2, 0.25) is 0 Å². The predicted octanol–water partition coefficient (Wildman–Crippen LogP) is 6.49. The number of benzene rings is 2. The molecule has 2 amide bonds. The van der Waals surface area contributed by atoms with Crippen LogP contribution in [0.25, 0.3) is 33.8 Å². The van der Waals surface area contributed by atoms with E-state index < -0.39 is 12.7 Å².